The third-order valence-electron chi connectivity index (χ3n) is 4.23. The average Bonchev–Trinajstić information content (AvgIpc) is 3.10. The van der Waals surface area contributed by atoms with E-state index in [0.29, 0.717) is 24.3 Å². The summed E-state index contributed by atoms with van der Waals surface area (Å²) in [6.45, 7) is 0.847. The van der Waals surface area contributed by atoms with Crippen LogP contribution in [-0.4, -0.2) is 35.8 Å². The molecule has 2 aromatic carbocycles. The van der Waals surface area contributed by atoms with Gasteiger partial charge in [-0.3, -0.25) is 25.2 Å². The molecule has 1 saturated heterocycles. The van der Waals surface area contributed by atoms with Gasteiger partial charge in [0, 0.05) is 25.1 Å². The Morgan fingerprint density at radius 1 is 1.11 bits per heavy atom. The molecule has 1 heterocycles. The molecule has 3 amide bonds. The molecule has 1 aliphatic rings. The highest BCUT2D eigenvalue weighted by Crippen LogP contribution is 2.15. The molecule has 146 valence electrons. The predicted octanol–water partition coefficient (Wildman–Crippen LogP) is 1.79. The van der Waals surface area contributed by atoms with Crippen molar-refractivity contribution < 1.29 is 23.5 Å². The lowest BCUT2D eigenvalue weighted by Crippen LogP contribution is -2.43. The molecule has 0 atom stereocenters. The fourth-order valence-electron chi connectivity index (χ4n) is 2.82. The number of hydrazine groups is 1. The van der Waals surface area contributed by atoms with Crippen molar-refractivity contribution in [3.8, 4) is 5.75 Å². The second-order valence-corrected chi connectivity index (χ2v) is 6.36. The normalized spacial score (nSPS) is 13.3. The van der Waals surface area contributed by atoms with Crippen LogP contribution in [-0.2, 0) is 16.1 Å². The van der Waals surface area contributed by atoms with Crippen LogP contribution in [0.25, 0.3) is 0 Å². The molecule has 0 aliphatic carbocycles. The zero-order chi connectivity index (χ0) is 19.9. The molecule has 0 unspecified atom stereocenters. The highest BCUT2D eigenvalue weighted by molar-refractivity contribution is 5.95. The summed E-state index contributed by atoms with van der Waals surface area (Å²) in [5.74, 6) is -0.989. The summed E-state index contributed by atoms with van der Waals surface area (Å²) in [4.78, 5) is 37.5. The second kappa shape index (κ2) is 8.98. The first kappa shape index (κ1) is 19.3. The van der Waals surface area contributed by atoms with Gasteiger partial charge in [-0.05, 0) is 48.4 Å². The quantitative estimate of drug-likeness (QED) is 0.742. The maximum Gasteiger partial charge on any atom is 0.276 e. The molecule has 0 saturated carbocycles. The van der Waals surface area contributed by atoms with E-state index >= 15 is 0 Å². The molecule has 1 aliphatic heterocycles. The van der Waals surface area contributed by atoms with E-state index in [1.807, 2.05) is 6.07 Å². The van der Waals surface area contributed by atoms with E-state index in [9.17, 15) is 18.8 Å². The Hall–Kier alpha value is -3.42. The van der Waals surface area contributed by atoms with Gasteiger partial charge in [-0.25, -0.2) is 4.39 Å². The number of carbonyl (C=O) groups is 3. The van der Waals surface area contributed by atoms with Crippen molar-refractivity contribution >= 4 is 17.7 Å². The maximum absolute atomic E-state index is 12.8. The number of rotatable bonds is 6. The van der Waals surface area contributed by atoms with Gasteiger partial charge in [0.05, 0.1) is 0 Å². The Balaban J connectivity index is 1.47. The molecule has 3 rings (SSSR count). The van der Waals surface area contributed by atoms with Gasteiger partial charge in [0.25, 0.3) is 11.8 Å². The minimum atomic E-state index is -0.559. The van der Waals surface area contributed by atoms with E-state index < -0.39 is 17.6 Å². The Bertz CT molecular complexity index is 870. The fraction of sp³-hybridized carbons (Fsp3) is 0.250. The topological polar surface area (TPSA) is 87.7 Å². The van der Waals surface area contributed by atoms with Gasteiger partial charge in [-0.1, -0.05) is 12.1 Å². The average molecular weight is 385 g/mol. The lowest BCUT2D eigenvalue weighted by Gasteiger charge is -2.16. The van der Waals surface area contributed by atoms with Gasteiger partial charge in [0.15, 0.2) is 6.61 Å². The number of carbonyl (C=O) groups excluding carboxylic acids is 3. The first-order valence-electron chi connectivity index (χ1n) is 8.85. The Morgan fingerprint density at radius 2 is 1.89 bits per heavy atom. The summed E-state index contributed by atoms with van der Waals surface area (Å²) < 4.78 is 18.0. The second-order valence-electron chi connectivity index (χ2n) is 6.36. The van der Waals surface area contributed by atoms with Crippen LogP contribution < -0.4 is 15.6 Å². The Kier molecular flexibility index (Phi) is 6.21. The summed E-state index contributed by atoms with van der Waals surface area (Å²) in [6.07, 6.45) is 1.41. The first-order valence-corrected chi connectivity index (χ1v) is 8.85. The molecule has 0 bridgehead atoms. The van der Waals surface area contributed by atoms with Crippen LogP contribution in [0.2, 0.25) is 0 Å². The third-order valence-corrected chi connectivity index (χ3v) is 4.23. The minimum absolute atomic E-state index is 0.114. The van der Waals surface area contributed by atoms with E-state index in [-0.39, 0.29) is 12.5 Å². The molecular formula is C20H20FN3O4. The summed E-state index contributed by atoms with van der Waals surface area (Å²) >= 11 is 0. The van der Waals surface area contributed by atoms with Crippen LogP contribution in [0.15, 0.2) is 48.5 Å². The van der Waals surface area contributed by atoms with E-state index in [4.69, 9.17) is 4.74 Å². The van der Waals surface area contributed by atoms with E-state index in [1.54, 1.807) is 23.1 Å². The largest absolute Gasteiger partial charge is 0.484 e. The summed E-state index contributed by atoms with van der Waals surface area (Å²) in [6, 6.07) is 12.1. The van der Waals surface area contributed by atoms with Crippen LogP contribution in [0, 0.1) is 5.82 Å². The number of nitrogens with one attached hydrogen (secondary N) is 2. The number of likely N-dealkylation sites (tertiary alicyclic amines) is 1. The van der Waals surface area contributed by atoms with Crippen molar-refractivity contribution in [2.24, 2.45) is 0 Å². The number of benzene rings is 2. The summed E-state index contributed by atoms with van der Waals surface area (Å²) in [5.41, 5.74) is 5.78. The molecule has 0 aromatic heterocycles. The van der Waals surface area contributed by atoms with Crippen molar-refractivity contribution in [2.45, 2.75) is 19.4 Å². The molecule has 0 spiro atoms. The van der Waals surface area contributed by atoms with Crippen LogP contribution in [0.1, 0.15) is 28.8 Å². The molecule has 2 aromatic rings. The molecular weight excluding hydrogens is 365 g/mol. The van der Waals surface area contributed by atoms with Gasteiger partial charge in [-0.2, -0.15) is 0 Å². The first-order chi connectivity index (χ1) is 13.5. The molecule has 28 heavy (non-hydrogen) atoms. The SMILES string of the molecule is O=C(COc1ccc(F)cc1)NNC(=O)c1cccc(CN2CCCC2=O)c1. The number of hydrogen-bond acceptors (Lipinski definition) is 4. The van der Waals surface area contributed by atoms with Gasteiger partial charge < -0.3 is 9.64 Å². The van der Waals surface area contributed by atoms with Crippen molar-refractivity contribution in [1.82, 2.24) is 15.8 Å². The van der Waals surface area contributed by atoms with Crippen molar-refractivity contribution in [3.63, 3.8) is 0 Å². The van der Waals surface area contributed by atoms with Crippen molar-refractivity contribution in [3.05, 3.63) is 65.5 Å². The number of halogens is 1. The highest BCUT2D eigenvalue weighted by atomic mass is 19.1. The van der Waals surface area contributed by atoms with E-state index in [1.165, 1.54) is 24.3 Å². The predicted molar refractivity (Wildman–Crippen MR) is 98.6 cm³/mol. The van der Waals surface area contributed by atoms with Crippen LogP contribution >= 0.6 is 0 Å². The smallest absolute Gasteiger partial charge is 0.276 e. The number of amides is 3. The van der Waals surface area contributed by atoms with Crippen LogP contribution in [0.5, 0.6) is 5.75 Å². The third kappa shape index (κ3) is 5.29. The molecule has 8 heteroatoms. The lowest BCUT2D eigenvalue weighted by molar-refractivity contribution is -0.128. The fourth-order valence-corrected chi connectivity index (χ4v) is 2.82. The zero-order valence-corrected chi connectivity index (χ0v) is 15.1. The van der Waals surface area contributed by atoms with E-state index in [2.05, 4.69) is 10.9 Å². The van der Waals surface area contributed by atoms with E-state index in [0.717, 1.165) is 18.5 Å². The summed E-state index contributed by atoms with van der Waals surface area (Å²) in [7, 11) is 0. The van der Waals surface area contributed by atoms with Gasteiger partial charge in [-0.15, -0.1) is 0 Å². The summed E-state index contributed by atoms with van der Waals surface area (Å²) in [5, 5.41) is 0. The molecule has 1 fully saturated rings. The molecule has 2 N–H and O–H groups in total. The maximum atomic E-state index is 12.8. The molecule has 0 radical (unpaired) electrons. The van der Waals surface area contributed by atoms with Crippen LogP contribution in [0.4, 0.5) is 4.39 Å². The van der Waals surface area contributed by atoms with Gasteiger partial charge in [0.2, 0.25) is 5.91 Å². The number of hydrogen-bond donors (Lipinski definition) is 2. The number of nitrogens with zero attached hydrogens (tertiary/aromatic N) is 1. The molecule has 7 nitrogen and oxygen atoms in total. The van der Waals surface area contributed by atoms with Gasteiger partial charge in [0.1, 0.15) is 11.6 Å². The lowest BCUT2D eigenvalue weighted by atomic mass is 10.1. The Labute approximate surface area is 161 Å². The monoisotopic (exact) mass is 385 g/mol. The van der Waals surface area contributed by atoms with Crippen molar-refractivity contribution in [1.29, 1.82) is 0 Å². The Morgan fingerprint density at radius 3 is 2.61 bits per heavy atom. The standard InChI is InChI=1S/C20H20FN3O4/c21-16-6-8-17(9-7-16)28-13-18(25)22-23-20(27)15-4-1-3-14(11-15)12-24-10-2-5-19(24)26/h1,3-4,6-9,11H,2,5,10,12-13H2,(H,22,25)(H,23,27). The van der Waals surface area contributed by atoms with Crippen LogP contribution in [0.3, 0.4) is 0 Å². The highest BCUT2D eigenvalue weighted by Gasteiger charge is 2.20. The zero-order valence-electron chi connectivity index (χ0n) is 15.1. The number of ether oxygens (including phenoxy) is 1. The minimum Gasteiger partial charge on any atom is -0.484 e. The van der Waals surface area contributed by atoms with Gasteiger partial charge >= 0.3 is 0 Å². The van der Waals surface area contributed by atoms with Crippen molar-refractivity contribution in [2.75, 3.05) is 13.2 Å².